The number of nitrogens with zero attached hydrogens (tertiary/aromatic N) is 2. The second kappa shape index (κ2) is 10.9. The summed E-state index contributed by atoms with van der Waals surface area (Å²) in [5.74, 6) is 0.438. The maximum absolute atomic E-state index is 14.1. The van der Waals surface area contributed by atoms with Crippen LogP contribution in [0.15, 0.2) is 47.5 Å². The molecule has 0 radical (unpaired) electrons. The molecule has 0 aromatic heterocycles. The third kappa shape index (κ3) is 6.07. The summed E-state index contributed by atoms with van der Waals surface area (Å²) in [6, 6.07) is 12.3. The number of halogens is 3. The van der Waals surface area contributed by atoms with Gasteiger partial charge in [0.25, 0.3) is 5.91 Å². The van der Waals surface area contributed by atoms with Crippen LogP contribution in [0, 0.1) is 5.82 Å². The first-order valence-electron chi connectivity index (χ1n) is 9.70. The van der Waals surface area contributed by atoms with Crippen molar-refractivity contribution < 1.29 is 9.18 Å². The minimum atomic E-state index is -0.263. The van der Waals surface area contributed by atoms with Crippen LogP contribution < -0.4 is 10.6 Å². The molecule has 1 aliphatic carbocycles. The lowest BCUT2D eigenvalue weighted by molar-refractivity contribution is 0.0827. The van der Waals surface area contributed by atoms with Crippen LogP contribution in [0.25, 0.3) is 0 Å². The van der Waals surface area contributed by atoms with E-state index in [9.17, 15) is 9.18 Å². The summed E-state index contributed by atoms with van der Waals surface area (Å²) < 4.78 is 14.1. The molecular formula is C22H27ClFIN4O. The number of carbonyl (C=O) groups is 1. The third-order valence-corrected chi connectivity index (χ3v) is 5.18. The quantitative estimate of drug-likeness (QED) is 0.322. The number of rotatable bonds is 6. The molecule has 5 nitrogen and oxygen atoms in total. The molecule has 0 heterocycles. The first kappa shape index (κ1) is 24.4. The van der Waals surface area contributed by atoms with Crippen LogP contribution in [0.3, 0.4) is 0 Å². The molecule has 2 atom stereocenters. The average molecular weight is 545 g/mol. The fourth-order valence-electron chi connectivity index (χ4n) is 3.22. The van der Waals surface area contributed by atoms with Gasteiger partial charge in [-0.3, -0.25) is 4.79 Å². The highest BCUT2D eigenvalue weighted by atomic mass is 127. The van der Waals surface area contributed by atoms with Crippen LogP contribution >= 0.6 is 35.6 Å². The van der Waals surface area contributed by atoms with E-state index in [0.29, 0.717) is 28.7 Å². The molecule has 3 rings (SSSR count). The predicted molar refractivity (Wildman–Crippen MR) is 130 cm³/mol. The topological polar surface area (TPSA) is 56.7 Å². The molecule has 30 heavy (non-hydrogen) atoms. The standard InChI is InChI=1S/C22H26ClFN4O.HI/c1-4-25-22(26-13-14-8-10-15(11-9-14)21(29)28(2)3)27-19-12-16(19)20-17(23)6-5-7-18(20)24;/h5-11,16,19H,4,12-13H2,1-3H3,(H2,25,26,27);1H. The van der Waals surface area contributed by atoms with E-state index in [1.54, 1.807) is 31.1 Å². The van der Waals surface area contributed by atoms with Crippen LogP contribution in [0.5, 0.6) is 0 Å². The number of carbonyl (C=O) groups excluding carboxylic acids is 1. The predicted octanol–water partition coefficient (Wildman–Crippen LogP) is 4.41. The van der Waals surface area contributed by atoms with Gasteiger partial charge in [0, 0.05) is 48.7 Å². The molecule has 2 N–H and O–H groups in total. The Hall–Kier alpha value is -1.87. The maximum Gasteiger partial charge on any atom is 0.253 e. The van der Waals surface area contributed by atoms with Crippen LogP contribution in [0.2, 0.25) is 5.02 Å². The first-order chi connectivity index (χ1) is 13.9. The Morgan fingerprint density at radius 2 is 1.93 bits per heavy atom. The fourth-order valence-corrected chi connectivity index (χ4v) is 3.52. The smallest absolute Gasteiger partial charge is 0.253 e. The summed E-state index contributed by atoms with van der Waals surface area (Å²) in [6.07, 6.45) is 0.812. The lowest BCUT2D eigenvalue weighted by Crippen LogP contribution is -2.39. The van der Waals surface area contributed by atoms with E-state index in [4.69, 9.17) is 11.6 Å². The molecule has 1 fully saturated rings. The van der Waals surface area contributed by atoms with Gasteiger partial charge in [0.05, 0.1) is 6.54 Å². The van der Waals surface area contributed by atoms with E-state index in [0.717, 1.165) is 18.5 Å². The third-order valence-electron chi connectivity index (χ3n) is 4.85. The summed E-state index contributed by atoms with van der Waals surface area (Å²) in [4.78, 5) is 18.1. The van der Waals surface area contributed by atoms with E-state index < -0.39 is 0 Å². The molecule has 0 saturated heterocycles. The van der Waals surface area contributed by atoms with Crippen LogP contribution in [-0.4, -0.2) is 43.4 Å². The molecular weight excluding hydrogens is 518 g/mol. The molecule has 2 unspecified atom stereocenters. The van der Waals surface area contributed by atoms with Gasteiger partial charge in [-0.25, -0.2) is 9.38 Å². The van der Waals surface area contributed by atoms with Gasteiger partial charge in [0.2, 0.25) is 0 Å². The van der Waals surface area contributed by atoms with Gasteiger partial charge in [-0.2, -0.15) is 0 Å². The van der Waals surface area contributed by atoms with Gasteiger partial charge >= 0.3 is 0 Å². The van der Waals surface area contributed by atoms with Gasteiger partial charge in [-0.05, 0) is 43.2 Å². The summed E-state index contributed by atoms with van der Waals surface area (Å²) in [7, 11) is 3.46. The number of amides is 1. The van der Waals surface area contributed by atoms with Gasteiger partial charge < -0.3 is 15.5 Å². The van der Waals surface area contributed by atoms with Crippen LogP contribution in [-0.2, 0) is 6.54 Å². The van der Waals surface area contributed by atoms with E-state index in [1.165, 1.54) is 6.07 Å². The van der Waals surface area contributed by atoms with E-state index >= 15 is 0 Å². The van der Waals surface area contributed by atoms with Crippen molar-refractivity contribution in [2.75, 3.05) is 20.6 Å². The second-order valence-electron chi connectivity index (χ2n) is 7.32. The van der Waals surface area contributed by atoms with Crippen molar-refractivity contribution in [1.29, 1.82) is 0 Å². The zero-order chi connectivity index (χ0) is 21.0. The molecule has 0 spiro atoms. The summed E-state index contributed by atoms with van der Waals surface area (Å²) in [5.41, 5.74) is 2.22. The van der Waals surface area contributed by atoms with E-state index in [2.05, 4.69) is 15.6 Å². The Morgan fingerprint density at radius 3 is 2.53 bits per heavy atom. The molecule has 162 valence electrons. The first-order valence-corrected chi connectivity index (χ1v) is 10.1. The van der Waals surface area contributed by atoms with Crippen LogP contribution in [0.4, 0.5) is 4.39 Å². The van der Waals surface area contributed by atoms with Gasteiger partial charge in [0.15, 0.2) is 5.96 Å². The molecule has 0 aliphatic heterocycles. The van der Waals surface area contributed by atoms with Crippen molar-refractivity contribution in [2.45, 2.75) is 31.8 Å². The Kier molecular flexibility index (Phi) is 8.91. The number of nitrogens with one attached hydrogen (secondary N) is 2. The average Bonchev–Trinajstić information content (AvgIpc) is 3.44. The van der Waals surface area contributed by atoms with Crippen LogP contribution in [0.1, 0.15) is 40.7 Å². The zero-order valence-corrected chi connectivity index (χ0v) is 20.4. The zero-order valence-electron chi connectivity index (χ0n) is 17.3. The number of aliphatic imine (C=N–C) groups is 1. The molecule has 1 amide bonds. The Balaban J connectivity index is 0.00000320. The summed E-state index contributed by atoms with van der Waals surface area (Å²) >= 11 is 6.18. The highest BCUT2D eigenvalue weighted by molar-refractivity contribution is 14.0. The lowest BCUT2D eigenvalue weighted by atomic mass is 10.1. The van der Waals surface area contributed by atoms with Gasteiger partial charge in [-0.1, -0.05) is 29.8 Å². The number of guanidine groups is 1. The largest absolute Gasteiger partial charge is 0.357 e. The number of hydrogen-bond acceptors (Lipinski definition) is 2. The minimum Gasteiger partial charge on any atom is -0.357 e. The lowest BCUT2D eigenvalue weighted by Gasteiger charge is -2.12. The summed E-state index contributed by atoms with van der Waals surface area (Å²) in [5, 5.41) is 7.05. The molecule has 8 heteroatoms. The van der Waals surface area contributed by atoms with Crippen molar-refractivity contribution in [2.24, 2.45) is 4.99 Å². The minimum absolute atomic E-state index is 0. The SMILES string of the molecule is CCNC(=NCc1ccc(C(=O)N(C)C)cc1)NC1CC1c1c(F)cccc1Cl.I. The molecule has 1 aliphatic rings. The normalized spacial score (nSPS) is 17.7. The van der Waals surface area contributed by atoms with Crippen molar-refractivity contribution >= 4 is 47.4 Å². The van der Waals surface area contributed by atoms with Crippen molar-refractivity contribution in [1.82, 2.24) is 15.5 Å². The van der Waals surface area contributed by atoms with Gasteiger partial charge in [-0.15, -0.1) is 24.0 Å². The Morgan fingerprint density at radius 1 is 1.23 bits per heavy atom. The highest BCUT2D eigenvalue weighted by Gasteiger charge is 2.41. The number of hydrogen-bond donors (Lipinski definition) is 2. The Bertz CT molecular complexity index is 884. The van der Waals surface area contributed by atoms with Gasteiger partial charge in [0.1, 0.15) is 5.82 Å². The Labute approximate surface area is 199 Å². The van der Waals surface area contributed by atoms with Crippen molar-refractivity contribution in [3.05, 3.63) is 70.0 Å². The monoisotopic (exact) mass is 544 g/mol. The van der Waals surface area contributed by atoms with E-state index in [-0.39, 0.29) is 47.7 Å². The van der Waals surface area contributed by atoms with Crippen molar-refractivity contribution in [3.63, 3.8) is 0 Å². The molecule has 0 bridgehead atoms. The fraction of sp³-hybridized carbons (Fsp3) is 0.364. The molecule has 2 aromatic rings. The maximum atomic E-state index is 14.1. The second-order valence-corrected chi connectivity index (χ2v) is 7.73. The molecule has 2 aromatic carbocycles. The highest BCUT2D eigenvalue weighted by Crippen LogP contribution is 2.44. The van der Waals surface area contributed by atoms with E-state index in [1.807, 2.05) is 31.2 Å². The summed E-state index contributed by atoms with van der Waals surface area (Å²) in [6.45, 7) is 3.19. The van der Waals surface area contributed by atoms with Crippen molar-refractivity contribution in [3.8, 4) is 0 Å². The number of benzene rings is 2. The molecule has 1 saturated carbocycles.